The molecule has 2 heterocycles. The van der Waals surface area contributed by atoms with Crippen LogP contribution < -0.4 is 9.45 Å². The number of sulfonamides is 1. The van der Waals surface area contributed by atoms with Crippen molar-refractivity contribution in [3.63, 3.8) is 0 Å². The number of carbonyl (C=O) groups excluding carboxylic acids is 2. The second-order valence-corrected chi connectivity index (χ2v) is 9.88. The standard InChI is InChI=1S/C21H12Cl2F3N3O5S/c22-14-4-3-12(8-13(14)21(24,25)26)35(33,34)27-16-6-5-15(23)17-18(16)20(31)29(19(17)30)10-11-2-1-7-28(32)9-11/h1-9H,10H2,(H-,27,31,32)/p+1. The first-order chi connectivity index (χ1) is 16.3. The Morgan fingerprint density at radius 2 is 1.66 bits per heavy atom. The van der Waals surface area contributed by atoms with Crippen LogP contribution in [0.15, 0.2) is 59.8 Å². The van der Waals surface area contributed by atoms with Crippen molar-refractivity contribution < 1.29 is 41.1 Å². The fourth-order valence-electron chi connectivity index (χ4n) is 3.48. The smallest absolute Gasteiger partial charge is 0.285 e. The van der Waals surface area contributed by atoms with Crippen molar-refractivity contribution in [1.29, 1.82) is 0 Å². The van der Waals surface area contributed by atoms with Crippen molar-refractivity contribution in [3.8, 4) is 0 Å². The van der Waals surface area contributed by atoms with Gasteiger partial charge < -0.3 is 0 Å². The van der Waals surface area contributed by atoms with Crippen LogP contribution in [0.2, 0.25) is 10.0 Å². The molecule has 4 rings (SSSR count). The number of pyridine rings is 1. The third kappa shape index (κ3) is 4.64. The first kappa shape index (κ1) is 24.8. The van der Waals surface area contributed by atoms with Gasteiger partial charge in [0.05, 0.1) is 43.9 Å². The molecule has 8 nitrogen and oxygen atoms in total. The summed E-state index contributed by atoms with van der Waals surface area (Å²) < 4.78 is 68.1. The summed E-state index contributed by atoms with van der Waals surface area (Å²) in [6, 6.07) is 7.34. The lowest BCUT2D eigenvalue weighted by atomic mass is 10.1. The zero-order chi connectivity index (χ0) is 25.7. The molecule has 2 N–H and O–H groups in total. The maximum absolute atomic E-state index is 13.2. The van der Waals surface area contributed by atoms with Crippen molar-refractivity contribution in [2.24, 2.45) is 0 Å². The largest absolute Gasteiger partial charge is 0.417 e. The van der Waals surface area contributed by atoms with Crippen LogP contribution >= 0.6 is 23.2 Å². The lowest BCUT2D eigenvalue weighted by molar-refractivity contribution is -0.905. The van der Waals surface area contributed by atoms with Gasteiger partial charge in [-0.2, -0.15) is 13.2 Å². The van der Waals surface area contributed by atoms with Crippen molar-refractivity contribution in [1.82, 2.24) is 4.90 Å². The number of hydrogen-bond acceptors (Lipinski definition) is 5. The van der Waals surface area contributed by atoms with Gasteiger partial charge in [0.25, 0.3) is 21.8 Å². The van der Waals surface area contributed by atoms with Crippen LogP contribution in [0.5, 0.6) is 0 Å². The number of hydrogen-bond donors (Lipinski definition) is 2. The van der Waals surface area contributed by atoms with Gasteiger partial charge in [0.15, 0.2) is 0 Å². The Bertz CT molecular complexity index is 1500. The molecule has 0 saturated carbocycles. The Morgan fingerprint density at radius 3 is 2.31 bits per heavy atom. The molecule has 0 radical (unpaired) electrons. The number of amides is 2. The molecule has 3 aromatic rings. The van der Waals surface area contributed by atoms with Crippen LogP contribution in [-0.2, 0) is 22.7 Å². The number of benzene rings is 2. The Hall–Kier alpha value is -3.35. The Balaban J connectivity index is 1.72. The van der Waals surface area contributed by atoms with Gasteiger partial charge in [-0.3, -0.25) is 24.4 Å². The topological polar surface area (TPSA) is 108 Å². The minimum absolute atomic E-state index is 0.125. The van der Waals surface area contributed by atoms with Crippen LogP contribution in [0.4, 0.5) is 18.9 Å². The van der Waals surface area contributed by atoms with Gasteiger partial charge in [0, 0.05) is 16.4 Å². The molecule has 2 aromatic carbocycles. The average molecular weight is 547 g/mol. The number of rotatable bonds is 5. The Kier molecular flexibility index (Phi) is 6.16. The molecule has 0 bridgehead atoms. The van der Waals surface area contributed by atoms with E-state index in [1.165, 1.54) is 24.5 Å². The van der Waals surface area contributed by atoms with Crippen molar-refractivity contribution in [2.75, 3.05) is 4.72 Å². The number of imide groups is 1. The fraction of sp³-hybridized carbons (Fsp3) is 0.0952. The minimum Gasteiger partial charge on any atom is -0.285 e. The molecule has 2 amide bonds. The third-order valence-electron chi connectivity index (χ3n) is 5.06. The van der Waals surface area contributed by atoms with Gasteiger partial charge in [0.2, 0.25) is 12.4 Å². The van der Waals surface area contributed by atoms with E-state index in [9.17, 15) is 36.4 Å². The van der Waals surface area contributed by atoms with Gasteiger partial charge in [-0.15, -0.1) is 0 Å². The van der Waals surface area contributed by atoms with Gasteiger partial charge in [-0.25, -0.2) is 8.42 Å². The molecule has 182 valence electrons. The van der Waals surface area contributed by atoms with Crippen LogP contribution in [0.3, 0.4) is 0 Å². The summed E-state index contributed by atoms with van der Waals surface area (Å²) in [4.78, 5) is 26.1. The lowest BCUT2D eigenvalue weighted by Gasteiger charge is -2.14. The quantitative estimate of drug-likeness (QED) is 0.284. The maximum Gasteiger partial charge on any atom is 0.417 e. The van der Waals surface area contributed by atoms with E-state index in [0.717, 1.165) is 27.8 Å². The molecule has 1 aliphatic heterocycles. The zero-order valence-electron chi connectivity index (χ0n) is 17.2. The molecule has 0 aliphatic carbocycles. The second-order valence-electron chi connectivity index (χ2n) is 7.38. The molecular formula is C21H13Cl2F3N3O5S+. The van der Waals surface area contributed by atoms with Crippen LogP contribution in [0, 0.1) is 0 Å². The monoisotopic (exact) mass is 546 g/mol. The molecule has 1 aliphatic rings. The highest BCUT2D eigenvalue weighted by atomic mass is 35.5. The van der Waals surface area contributed by atoms with E-state index in [4.69, 9.17) is 23.2 Å². The van der Waals surface area contributed by atoms with Crippen LogP contribution in [0.1, 0.15) is 31.8 Å². The number of nitrogens with one attached hydrogen (secondary N) is 1. The highest BCUT2D eigenvalue weighted by Crippen LogP contribution is 2.38. The first-order valence-electron chi connectivity index (χ1n) is 9.57. The summed E-state index contributed by atoms with van der Waals surface area (Å²) in [6.07, 6.45) is -2.33. The SMILES string of the molecule is O=C1c2c(Cl)ccc(NS(=O)(=O)c3ccc(Cl)c(C(F)(F)F)c3)c2C(=O)N1Cc1ccc[n+](O)c1. The first-order valence-corrected chi connectivity index (χ1v) is 11.8. The average Bonchev–Trinajstić information content (AvgIpc) is 3.01. The highest BCUT2D eigenvalue weighted by Gasteiger charge is 2.41. The van der Waals surface area contributed by atoms with Crippen molar-refractivity contribution in [2.45, 2.75) is 17.6 Å². The summed E-state index contributed by atoms with van der Waals surface area (Å²) in [5.41, 5.74) is -1.95. The van der Waals surface area contributed by atoms with Crippen molar-refractivity contribution >= 4 is 50.7 Å². The summed E-state index contributed by atoms with van der Waals surface area (Å²) >= 11 is 11.7. The third-order valence-corrected chi connectivity index (χ3v) is 7.07. The maximum atomic E-state index is 13.2. The van der Waals surface area contributed by atoms with E-state index >= 15 is 0 Å². The normalized spacial score (nSPS) is 13.8. The number of aromatic nitrogens is 1. The summed E-state index contributed by atoms with van der Waals surface area (Å²) in [7, 11) is -4.64. The van der Waals surface area contributed by atoms with E-state index in [1.54, 1.807) is 6.07 Å². The van der Waals surface area contributed by atoms with Crippen molar-refractivity contribution in [3.05, 3.63) is 87.2 Å². The highest BCUT2D eigenvalue weighted by molar-refractivity contribution is 7.92. The van der Waals surface area contributed by atoms with E-state index in [-0.39, 0.29) is 28.4 Å². The zero-order valence-corrected chi connectivity index (χ0v) is 19.5. The number of alkyl halides is 3. The Labute approximate surface area is 206 Å². The van der Waals surface area contributed by atoms with E-state index in [1.807, 2.05) is 0 Å². The summed E-state index contributed by atoms with van der Waals surface area (Å²) in [5, 5.41) is 8.74. The van der Waals surface area contributed by atoms with Gasteiger partial charge in [-0.1, -0.05) is 23.2 Å². The van der Waals surface area contributed by atoms with Crippen LogP contribution in [-0.4, -0.2) is 30.3 Å². The Morgan fingerprint density at radius 1 is 1.00 bits per heavy atom. The van der Waals surface area contributed by atoms with Gasteiger partial charge in [0.1, 0.15) is 0 Å². The number of anilines is 1. The van der Waals surface area contributed by atoms with Gasteiger partial charge >= 0.3 is 6.18 Å². The summed E-state index contributed by atoms with van der Waals surface area (Å²) in [5.74, 6) is -1.69. The molecule has 14 heteroatoms. The van der Waals surface area contributed by atoms with E-state index < -0.39 is 43.5 Å². The number of fused-ring (bicyclic) bond motifs is 1. The number of halogens is 5. The minimum atomic E-state index is -4.91. The number of carbonyl (C=O) groups is 2. The van der Waals surface area contributed by atoms with E-state index in [0.29, 0.717) is 11.6 Å². The molecule has 0 unspecified atom stereocenters. The van der Waals surface area contributed by atoms with Gasteiger partial charge in [-0.05, 0) is 36.4 Å². The predicted molar refractivity (Wildman–Crippen MR) is 117 cm³/mol. The molecule has 0 atom stereocenters. The molecule has 0 fully saturated rings. The molecule has 35 heavy (non-hydrogen) atoms. The summed E-state index contributed by atoms with van der Waals surface area (Å²) in [6.45, 7) is -0.262. The van der Waals surface area contributed by atoms with E-state index in [2.05, 4.69) is 4.72 Å². The molecule has 1 aromatic heterocycles. The predicted octanol–water partition coefficient (Wildman–Crippen LogP) is 4.13. The fourth-order valence-corrected chi connectivity index (χ4v) is 5.04. The van der Waals surface area contributed by atoms with Crippen LogP contribution in [0.25, 0.3) is 0 Å². The molecule has 0 saturated heterocycles. The number of nitrogens with zero attached hydrogens (tertiary/aromatic N) is 2. The second kappa shape index (κ2) is 8.70. The molecule has 0 spiro atoms. The lowest BCUT2D eigenvalue weighted by Crippen LogP contribution is -2.33. The molecular weight excluding hydrogens is 534 g/mol.